The minimum Gasteiger partial charge on any atom is -0.240 e. The van der Waals surface area contributed by atoms with Crippen molar-refractivity contribution in [1.82, 2.24) is 9.78 Å². The number of aromatic nitrogens is 2. The maximum Gasteiger partial charge on any atom is 0.0704 e. The molecule has 0 N–H and O–H groups in total. The molecule has 2 heteroatoms. The molecule has 1 aromatic heterocycles. The normalized spacial score (nSPS) is 10.9. The van der Waals surface area contributed by atoms with Gasteiger partial charge in [-0.05, 0) is 49.9 Å². The fourth-order valence-electron chi connectivity index (χ4n) is 3.01. The Morgan fingerprint density at radius 2 is 1.52 bits per heavy atom. The van der Waals surface area contributed by atoms with Gasteiger partial charge in [-0.3, -0.25) is 0 Å². The van der Waals surface area contributed by atoms with Crippen LogP contribution in [0, 0.1) is 27.7 Å². The van der Waals surface area contributed by atoms with Crippen LogP contribution in [0.5, 0.6) is 0 Å². The van der Waals surface area contributed by atoms with Crippen LogP contribution in [0.2, 0.25) is 0 Å². The minimum absolute atomic E-state index is 1.16. The largest absolute Gasteiger partial charge is 0.240 e. The lowest BCUT2D eigenvalue weighted by atomic mass is 10.0. The van der Waals surface area contributed by atoms with Crippen LogP contribution in [0.3, 0.4) is 0 Å². The fourth-order valence-corrected chi connectivity index (χ4v) is 3.01. The molecular weight excluding hydrogens is 256 g/mol. The van der Waals surface area contributed by atoms with Crippen molar-refractivity contribution in [3.63, 3.8) is 0 Å². The molecule has 0 saturated carbocycles. The maximum atomic E-state index is 4.57. The van der Waals surface area contributed by atoms with Crippen molar-refractivity contribution in [1.29, 1.82) is 0 Å². The predicted molar refractivity (Wildman–Crippen MR) is 87.9 cm³/mol. The second-order valence-corrected chi connectivity index (χ2v) is 5.74. The van der Waals surface area contributed by atoms with Gasteiger partial charge in [0.25, 0.3) is 0 Å². The van der Waals surface area contributed by atoms with Gasteiger partial charge in [0.05, 0.1) is 11.9 Å². The highest BCUT2D eigenvalue weighted by Gasteiger charge is 2.09. The van der Waals surface area contributed by atoms with Crippen molar-refractivity contribution in [2.75, 3.05) is 0 Å². The Hall–Kier alpha value is -2.35. The molecule has 0 radical (unpaired) electrons. The van der Waals surface area contributed by atoms with E-state index in [9.17, 15) is 0 Å². The molecule has 0 aliphatic carbocycles. The summed E-state index contributed by atoms with van der Waals surface area (Å²) >= 11 is 0. The van der Waals surface area contributed by atoms with Gasteiger partial charge in [0, 0.05) is 11.8 Å². The molecule has 2 nitrogen and oxygen atoms in total. The molecular formula is C19H20N2. The number of nitrogens with zero attached hydrogens (tertiary/aromatic N) is 2. The lowest BCUT2D eigenvalue weighted by Gasteiger charge is -2.11. The SMILES string of the molecule is Cc1cc(C)c(-n2cc(-c3ccccc3C)cn2)c(C)c1. The first-order valence-corrected chi connectivity index (χ1v) is 7.25. The van der Waals surface area contributed by atoms with Crippen molar-refractivity contribution < 1.29 is 0 Å². The third-order valence-corrected chi connectivity index (χ3v) is 3.90. The van der Waals surface area contributed by atoms with Crippen molar-refractivity contribution in [2.24, 2.45) is 0 Å². The predicted octanol–water partition coefficient (Wildman–Crippen LogP) is 4.77. The Balaban J connectivity index is 2.10. The summed E-state index contributed by atoms with van der Waals surface area (Å²) in [4.78, 5) is 0. The zero-order valence-corrected chi connectivity index (χ0v) is 13.0. The molecule has 0 aliphatic rings. The molecule has 2 aromatic carbocycles. The first-order valence-electron chi connectivity index (χ1n) is 7.25. The Kier molecular flexibility index (Phi) is 3.38. The first kappa shape index (κ1) is 13.6. The summed E-state index contributed by atoms with van der Waals surface area (Å²) in [6.07, 6.45) is 4.06. The summed E-state index contributed by atoms with van der Waals surface area (Å²) in [5, 5.41) is 4.57. The van der Waals surface area contributed by atoms with E-state index in [1.165, 1.54) is 33.5 Å². The Morgan fingerprint density at radius 1 is 0.857 bits per heavy atom. The summed E-state index contributed by atoms with van der Waals surface area (Å²) in [5.41, 5.74) is 8.66. The monoisotopic (exact) mass is 276 g/mol. The number of hydrogen-bond acceptors (Lipinski definition) is 1. The molecule has 0 atom stereocenters. The molecule has 0 aliphatic heterocycles. The van der Waals surface area contributed by atoms with Gasteiger partial charge in [0.1, 0.15) is 0 Å². The Morgan fingerprint density at radius 3 is 2.19 bits per heavy atom. The van der Waals surface area contributed by atoms with Crippen LogP contribution in [0.15, 0.2) is 48.8 Å². The van der Waals surface area contributed by atoms with Crippen molar-refractivity contribution in [3.05, 3.63) is 71.0 Å². The molecule has 0 saturated heterocycles. The van der Waals surface area contributed by atoms with Gasteiger partial charge in [-0.15, -0.1) is 0 Å². The lowest BCUT2D eigenvalue weighted by molar-refractivity contribution is 0.864. The lowest BCUT2D eigenvalue weighted by Crippen LogP contribution is -2.01. The van der Waals surface area contributed by atoms with E-state index in [0.29, 0.717) is 0 Å². The van der Waals surface area contributed by atoms with Crippen LogP contribution in [0.1, 0.15) is 22.3 Å². The molecule has 0 bridgehead atoms. The molecule has 3 aromatic rings. The number of benzene rings is 2. The van der Waals surface area contributed by atoms with E-state index in [2.05, 4.69) is 75.4 Å². The van der Waals surface area contributed by atoms with Gasteiger partial charge in [-0.1, -0.05) is 42.0 Å². The third-order valence-electron chi connectivity index (χ3n) is 3.90. The van der Waals surface area contributed by atoms with Gasteiger partial charge < -0.3 is 0 Å². The van der Waals surface area contributed by atoms with Crippen LogP contribution in [0.4, 0.5) is 0 Å². The second kappa shape index (κ2) is 5.21. The standard InChI is InChI=1S/C19H20N2/c1-13-9-15(3)19(16(4)10-13)21-12-17(11-20-21)18-8-6-5-7-14(18)2/h5-12H,1-4H3. The van der Waals surface area contributed by atoms with E-state index in [0.717, 1.165) is 5.56 Å². The summed E-state index contributed by atoms with van der Waals surface area (Å²) in [6, 6.07) is 12.8. The molecule has 0 fully saturated rings. The van der Waals surface area contributed by atoms with Gasteiger partial charge in [-0.25, -0.2) is 4.68 Å². The smallest absolute Gasteiger partial charge is 0.0704 e. The van der Waals surface area contributed by atoms with Crippen molar-refractivity contribution in [3.8, 4) is 16.8 Å². The van der Waals surface area contributed by atoms with Crippen molar-refractivity contribution in [2.45, 2.75) is 27.7 Å². The van der Waals surface area contributed by atoms with E-state index in [1.54, 1.807) is 0 Å². The van der Waals surface area contributed by atoms with Gasteiger partial charge >= 0.3 is 0 Å². The molecule has 3 rings (SSSR count). The van der Waals surface area contributed by atoms with Crippen LogP contribution < -0.4 is 0 Å². The van der Waals surface area contributed by atoms with E-state index in [1.807, 2.05) is 10.9 Å². The zero-order chi connectivity index (χ0) is 15.0. The second-order valence-electron chi connectivity index (χ2n) is 5.74. The maximum absolute atomic E-state index is 4.57. The molecule has 106 valence electrons. The van der Waals surface area contributed by atoms with E-state index in [4.69, 9.17) is 0 Å². The Labute approximate surface area is 126 Å². The highest BCUT2D eigenvalue weighted by molar-refractivity contribution is 5.66. The van der Waals surface area contributed by atoms with E-state index in [-0.39, 0.29) is 0 Å². The summed E-state index contributed by atoms with van der Waals surface area (Å²) in [5.74, 6) is 0. The fraction of sp³-hybridized carbons (Fsp3) is 0.211. The molecule has 1 heterocycles. The molecule has 0 amide bonds. The quantitative estimate of drug-likeness (QED) is 0.659. The topological polar surface area (TPSA) is 17.8 Å². The molecule has 0 unspecified atom stereocenters. The van der Waals surface area contributed by atoms with Crippen LogP contribution >= 0.6 is 0 Å². The molecule has 21 heavy (non-hydrogen) atoms. The number of aryl methyl sites for hydroxylation is 4. The minimum atomic E-state index is 1.16. The number of hydrogen-bond donors (Lipinski definition) is 0. The molecule has 0 spiro atoms. The van der Waals surface area contributed by atoms with E-state index < -0.39 is 0 Å². The van der Waals surface area contributed by atoms with E-state index >= 15 is 0 Å². The average molecular weight is 276 g/mol. The van der Waals surface area contributed by atoms with Crippen LogP contribution in [-0.4, -0.2) is 9.78 Å². The first-order chi connectivity index (χ1) is 10.1. The van der Waals surface area contributed by atoms with Crippen LogP contribution in [0.25, 0.3) is 16.8 Å². The van der Waals surface area contributed by atoms with Crippen molar-refractivity contribution >= 4 is 0 Å². The summed E-state index contributed by atoms with van der Waals surface area (Å²) < 4.78 is 1.99. The summed E-state index contributed by atoms with van der Waals surface area (Å²) in [7, 11) is 0. The van der Waals surface area contributed by atoms with Gasteiger partial charge in [-0.2, -0.15) is 5.10 Å². The highest BCUT2D eigenvalue weighted by atomic mass is 15.3. The van der Waals surface area contributed by atoms with Gasteiger partial charge in [0.2, 0.25) is 0 Å². The summed E-state index contributed by atoms with van der Waals surface area (Å²) in [6.45, 7) is 8.55. The zero-order valence-electron chi connectivity index (χ0n) is 13.0. The highest BCUT2D eigenvalue weighted by Crippen LogP contribution is 2.26. The third kappa shape index (κ3) is 2.49. The van der Waals surface area contributed by atoms with Gasteiger partial charge in [0.15, 0.2) is 0 Å². The number of rotatable bonds is 2. The average Bonchev–Trinajstić information content (AvgIpc) is 2.87. The Bertz CT molecular complexity index is 774. The van der Waals surface area contributed by atoms with Crippen LogP contribution in [-0.2, 0) is 0 Å².